The Bertz CT molecular complexity index is 6610. The lowest BCUT2D eigenvalue weighted by Crippen LogP contribution is -2.55. The first-order chi connectivity index (χ1) is 63.1. The van der Waals surface area contributed by atoms with Gasteiger partial charge in [-0.3, -0.25) is 19.2 Å². The number of anilines is 4. The van der Waals surface area contributed by atoms with Crippen LogP contribution in [0.4, 0.5) is 27.1 Å². The smallest absolute Gasteiger partial charge is 0.245 e. The number of oxazole rings is 1. The van der Waals surface area contributed by atoms with Gasteiger partial charge in [0.15, 0.2) is 28.4 Å². The topological polar surface area (TPSA) is 416 Å². The molecule has 4 aromatic carbocycles. The van der Waals surface area contributed by atoms with Crippen LogP contribution in [0.2, 0.25) is 20.1 Å². The first kappa shape index (κ1) is 88.9. The van der Waals surface area contributed by atoms with Crippen molar-refractivity contribution in [2.24, 2.45) is 10.9 Å². The van der Waals surface area contributed by atoms with Crippen LogP contribution >= 0.6 is 46.4 Å². The fourth-order valence-electron chi connectivity index (χ4n) is 15.8. The molecular formula is C86H86Cl4FN27O12. The lowest BCUT2D eigenvalue weighted by Gasteiger charge is -2.41. The Hall–Kier alpha value is -14.5. The monoisotopic (exact) mass is 1850 g/mol. The molecule has 3 N–H and O–H groups in total. The van der Waals surface area contributed by atoms with Crippen LogP contribution in [0.3, 0.4) is 0 Å². The number of methoxy groups -OCH3 is 4. The van der Waals surface area contributed by atoms with Crippen molar-refractivity contribution in [3.63, 3.8) is 0 Å². The fraction of sp³-hybridized carbons (Fsp3) is 0.302. The number of hydrogen-bond acceptors (Lipinski definition) is 30. The van der Waals surface area contributed by atoms with Gasteiger partial charge in [0.2, 0.25) is 53.5 Å². The summed E-state index contributed by atoms with van der Waals surface area (Å²) in [4.78, 5) is 98.1. The number of halogens is 5. The zero-order valence-electron chi connectivity index (χ0n) is 71.1. The fourth-order valence-corrected chi connectivity index (χ4v) is 16.6. The molecule has 0 unspecified atom stereocenters. The highest BCUT2D eigenvalue weighted by molar-refractivity contribution is 6.33. The van der Waals surface area contributed by atoms with E-state index in [-0.39, 0.29) is 66.7 Å². The lowest BCUT2D eigenvalue weighted by molar-refractivity contribution is -0.134. The number of pyridine rings is 4. The third-order valence-corrected chi connectivity index (χ3v) is 23.6. The van der Waals surface area contributed by atoms with Crippen LogP contribution < -0.4 is 44.3 Å². The van der Waals surface area contributed by atoms with Gasteiger partial charge in [-0.25, -0.2) is 48.0 Å². The summed E-state index contributed by atoms with van der Waals surface area (Å²) in [6.07, 6.45) is 10.9. The number of amides is 4. The Morgan fingerprint density at radius 2 is 0.946 bits per heavy atom. The van der Waals surface area contributed by atoms with Gasteiger partial charge in [-0.1, -0.05) is 61.9 Å². The maximum atomic E-state index is 14.6. The highest BCUT2D eigenvalue weighted by Gasteiger charge is 2.34. The molecule has 130 heavy (non-hydrogen) atoms. The minimum Gasteiger partial charge on any atom is -0.495 e. The molecule has 672 valence electrons. The second kappa shape index (κ2) is 39.8. The Morgan fingerprint density at radius 1 is 0.492 bits per heavy atom. The van der Waals surface area contributed by atoms with E-state index in [1.165, 1.54) is 30.5 Å². The van der Waals surface area contributed by atoms with Gasteiger partial charge in [-0.15, -0.1) is 0 Å². The van der Waals surface area contributed by atoms with Crippen molar-refractivity contribution >= 4 is 143 Å². The van der Waals surface area contributed by atoms with E-state index in [4.69, 9.17) is 89.8 Å². The van der Waals surface area contributed by atoms with E-state index in [9.17, 15) is 23.6 Å². The predicted octanol–water partition coefficient (Wildman–Crippen LogP) is 10.5. The summed E-state index contributed by atoms with van der Waals surface area (Å²) in [6, 6.07) is 34.3. The number of fused-ring (bicyclic) bond motifs is 4. The minimum absolute atomic E-state index is 0.00116. The summed E-state index contributed by atoms with van der Waals surface area (Å²) in [6.45, 7) is 13.0. The first-order valence-electron chi connectivity index (χ1n) is 41.0. The average molecular weight is 1850 g/mol. The van der Waals surface area contributed by atoms with Gasteiger partial charge in [-0.05, 0) is 97.9 Å². The van der Waals surface area contributed by atoms with Gasteiger partial charge in [0, 0.05) is 177 Å². The molecule has 11 aromatic heterocycles. The quantitative estimate of drug-likeness (QED) is 0.0310. The van der Waals surface area contributed by atoms with Crippen molar-refractivity contribution < 1.29 is 61.2 Å². The van der Waals surface area contributed by atoms with Crippen LogP contribution in [0.15, 0.2) is 178 Å². The molecule has 4 aliphatic heterocycles. The number of piperazine rings is 4. The van der Waals surface area contributed by atoms with Gasteiger partial charge in [0.05, 0.1) is 82.0 Å². The summed E-state index contributed by atoms with van der Waals surface area (Å²) >= 11 is 24.4. The number of benzene rings is 4. The summed E-state index contributed by atoms with van der Waals surface area (Å²) in [5.74, 6) is 3.08. The first-order valence-corrected chi connectivity index (χ1v) is 42.5. The molecule has 0 bridgehead atoms. The molecule has 0 saturated carbocycles. The molecule has 0 radical (unpaired) electrons. The number of aryl methyl sites for hydroxylation is 1. The molecule has 1 atom stereocenters. The SMILES string of the molecule is COc1cc(N2CCN(C(=O)Cn3nc(-c4ncon4)c4cccnc43)[C@@H](C)C2)c(F)cc1Cl.COc1cc(N2CCN(C(=O)Cn3nc(-c4noc(C)n4)c4cccnc43)CC2)ccc1Cl.COc1cc(N2CCN(C(=O)Cn3nc(/C(N)=N/O)c4cccnc43)CC2)ccc1Cl.COc1cc(N2CCN(C(=O)Cn3nc4ncccc4c3-c3ncco3)CC2)ccc1Cl. The molecule has 44 heteroatoms. The number of nitrogens with zero attached hydrogens (tertiary/aromatic N) is 26. The van der Waals surface area contributed by atoms with Gasteiger partial charge in [0.25, 0.3) is 0 Å². The van der Waals surface area contributed by atoms with Gasteiger partial charge in [0.1, 0.15) is 84.0 Å². The van der Waals surface area contributed by atoms with Gasteiger partial charge >= 0.3 is 0 Å². The Balaban J connectivity index is 0.000000127. The van der Waals surface area contributed by atoms with E-state index in [0.29, 0.717) is 216 Å². The Labute approximate surface area is 760 Å². The third-order valence-electron chi connectivity index (χ3n) is 22.4. The van der Waals surface area contributed by atoms with Crippen molar-refractivity contribution in [1.82, 2.24) is 104 Å². The number of hydrogen-bond donors (Lipinski definition) is 2. The molecule has 39 nitrogen and oxygen atoms in total. The summed E-state index contributed by atoms with van der Waals surface area (Å²) in [5, 5.41) is 42.6. The van der Waals surface area contributed by atoms with Crippen molar-refractivity contribution in [3.8, 4) is 57.6 Å². The molecule has 4 aliphatic rings. The highest BCUT2D eigenvalue weighted by atomic mass is 35.5. The molecule has 15 aromatic rings. The number of aromatic nitrogens is 17. The summed E-state index contributed by atoms with van der Waals surface area (Å²) < 4.78 is 57.4. The van der Waals surface area contributed by atoms with E-state index < -0.39 is 5.82 Å². The minimum atomic E-state index is -0.430. The van der Waals surface area contributed by atoms with Crippen molar-refractivity contribution in [3.05, 3.63) is 196 Å². The van der Waals surface area contributed by atoms with E-state index in [0.717, 1.165) is 33.2 Å². The zero-order valence-corrected chi connectivity index (χ0v) is 74.1. The van der Waals surface area contributed by atoms with Gasteiger partial charge in [-0.2, -0.15) is 30.4 Å². The number of rotatable bonds is 20. The summed E-state index contributed by atoms with van der Waals surface area (Å²) in [7, 11) is 6.27. The highest BCUT2D eigenvalue weighted by Crippen LogP contribution is 2.38. The van der Waals surface area contributed by atoms with E-state index in [1.807, 2.05) is 107 Å². The maximum Gasteiger partial charge on any atom is 0.245 e. The Kier molecular flexibility index (Phi) is 27.2. The van der Waals surface area contributed by atoms with Crippen LogP contribution in [0.5, 0.6) is 23.0 Å². The molecule has 0 aliphatic carbocycles. The summed E-state index contributed by atoms with van der Waals surface area (Å²) in [5.41, 5.74) is 13.4. The second-order valence-corrected chi connectivity index (χ2v) is 31.7. The normalized spacial score (nSPS) is 14.9. The standard InChI is InChI=1S/C22H21ClFN7O3.C22H22ClN7O3.C22H21ClN6O3.C20H22ClN7O3/c1-13-10-29(17-9-18(33-2)15(23)8-16(17)24)6-7-30(13)19(32)11-31-22-14(4-3-5-25-22)20(27-31)21-26-12-34-28-21;1-14-25-21(27-33-14)20-16-4-3-7-24-22(16)30(26-20)13-19(31)29-10-8-28(9-11-29)15-5-6-17(23)18(12-15)32-2;1-31-18-13-15(4-5-17(18)23)27-8-10-28(11-9-27)19(30)14-29-20(22-25-7-12-32-22)16-3-2-6-24-21(16)26-29;1-31-16-11-13(4-5-15(16)21)26-7-9-27(10-8-26)17(29)12-28-20-14(3-2-6-23-20)18(24-28)19(22)25-30/h3-5,8-9,12-13H,6-7,10-11H2,1-2H3;3-7,12H,8-11,13H2,1-2H3;2-7,12-13H,8-11,14H2,1H3;2-6,11,30H,7-10,12H2,1H3,(H2,22,25)/t13-;;;/m0.../s1. The van der Waals surface area contributed by atoms with E-state index in [2.05, 4.69) is 85.5 Å². The number of carbonyl (C=O) groups excluding carboxylic acids is 4. The molecule has 4 amide bonds. The van der Waals surface area contributed by atoms with E-state index in [1.54, 1.807) is 107 Å². The number of amidine groups is 1. The zero-order chi connectivity index (χ0) is 90.8. The molecule has 4 saturated heterocycles. The lowest BCUT2D eigenvalue weighted by atomic mass is 10.1. The van der Waals surface area contributed by atoms with Crippen LogP contribution in [0.1, 0.15) is 18.5 Å². The molecule has 19 rings (SSSR count). The number of carbonyl (C=O) groups is 4. The maximum absolute atomic E-state index is 14.6. The van der Waals surface area contributed by atoms with Crippen molar-refractivity contribution in [2.45, 2.75) is 46.1 Å². The van der Waals surface area contributed by atoms with Gasteiger partial charge < -0.3 is 82.6 Å². The number of ether oxygens (including phenoxy) is 4. The second-order valence-electron chi connectivity index (χ2n) is 30.1. The Morgan fingerprint density at radius 3 is 1.41 bits per heavy atom. The third kappa shape index (κ3) is 19.3. The molecular weight excluding hydrogens is 1760 g/mol. The predicted molar refractivity (Wildman–Crippen MR) is 481 cm³/mol. The van der Waals surface area contributed by atoms with Crippen LogP contribution in [0, 0.1) is 12.7 Å². The van der Waals surface area contributed by atoms with Crippen LogP contribution in [-0.4, -0.2) is 271 Å². The molecule has 0 spiro atoms. The van der Waals surface area contributed by atoms with E-state index >= 15 is 0 Å². The largest absolute Gasteiger partial charge is 0.495 e. The molecule has 4 fully saturated rings. The molecule has 15 heterocycles. The van der Waals surface area contributed by atoms with Crippen LogP contribution in [0.25, 0.3) is 78.8 Å². The van der Waals surface area contributed by atoms with Crippen LogP contribution in [-0.2, 0) is 45.4 Å². The number of nitrogens with two attached hydrogens (primary N) is 1. The number of oxime groups is 1. The van der Waals surface area contributed by atoms with Crippen molar-refractivity contribution in [2.75, 3.05) is 146 Å². The van der Waals surface area contributed by atoms with Crippen molar-refractivity contribution in [1.29, 1.82) is 0 Å². The average Bonchev–Trinajstić information content (AvgIpc) is 1.63.